The summed E-state index contributed by atoms with van der Waals surface area (Å²) in [6.07, 6.45) is 12.6. The highest BCUT2D eigenvalue weighted by Crippen LogP contribution is 2.34. The summed E-state index contributed by atoms with van der Waals surface area (Å²) in [4.78, 5) is 7.37. The lowest BCUT2D eigenvalue weighted by Gasteiger charge is -2.25. The fourth-order valence-electron chi connectivity index (χ4n) is 4.78. The molecule has 0 spiro atoms. The lowest BCUT2D eigenvalue weighted by atomic mass is 9.89. The Kier molecular flexibility index (Phi) is 5.21. The molecule has 0 amide bonds. The zero-order valence-corrected chi connectivity index (χ0v) is 17.3. The Morgan fingerprint density at radius 3 is 2.41 bits per heavy atom. The van der Waals surface area contributed by atoms with Crippen LogP contribution in [0.1, 0.15) is 76.0 Å². The molecule has 5 rings (SSSR count). The van der Waals surface area contributed by atoms with Gasteiger partial charge in [0.15, 0.2) is 11.3 Å². The Bertz CT molecular complexity index is 963. The molecule has 7 nitrogen and oxygen atoms in total. The summed E-state index contributed by atoms with van der Waals surface area (Å²) < 4.78 is 7.91. The largest absolute Gasteiger partial charge is 0.419 e. The van der Waals surface area contributed by atoms with E-state index in [-0.39, 0.29) is 0 Å². The van der Waals surface area contributed by atoms with Crippen LogP contribution in [0.5, 0.6) is 0 Å². The number of aromatic nitrogens is 5. The SMILES string of the molecule is Cn1nc(-c2nnc(C3CCCCC3)o2)c2ccc(N3CCCCCCC3)nc21. The van der Waals surface area contributed by atoms with E-state index in [1.807, 2.05) is 11.7 Å². The van der Waals surface area contributed by atoms with Crippen molar-refractivity contribution in [1.29, 1.82) is 0 Å². The van der Waals surface area contributed by atoms with Crippen LogP contribution in [-0.4, -0.2) is 38.1 Å². The Morgan fingerprint density at radius 2 is 1.62 bits per heavy atom. The molecule has 3 aromatic rings. The van der Waals surface area contributed by atoms with Gasteiger partial charge in [-0.1, -0.05) is 38.5 Å². The molecular formula is C22H30N6O. The first-order chi connectivity index (χ1) is 14.3. The van der Waals surface area contributed by atoms with Gasteiger partial charge < -0.3 is 9.32 Å². The molecule has 0 N–H and O–H groups in total. The molecule has 0 atom stereocenters. The van der Waals surface area contributed by atoms with Crippen LogP contribution >= 0.6 is 0 Å². The van der Waals surface area contributed by atoms with E-state index in [1.165, 1.54) is 51.4 Å². The van der Waals surface area contributed by atoms with E-state index in [0.717, 1.165) is 54.4 Å². The maximum atomic E-state index is 6.07. The Balaban J connectivity index is 1.44. The molecule has 1 saturated carbocycles. The lowest BCUT2D eigenvalue weighted by molar-refractivity contribution is 0.367. The van der Waals surface area contributed by atoms with E-state index < -0.39 is 0 Å². The molecule has 4 heterocycles. The van der Waals surface area contributed by atoms with Gasteiger partial charge in [-0.2, -0.15) is 5.10 Å². The first kappa shape index (κ1) is 18.6. The number of hydrogen-bond acceptors (Lipinski definition) is 6. The van der Waals surface area contributed by atoms with E-state index in [4.69, 9.17) is 9.40 Å². The van der Waals surface area contributed by atoms with Crippen LogP contribution in [0.3, 0.4) is 0 Å². The van der Waals surface area contributed by atoms with Gasteiger partial charge in [-0.05, 0) is 37.8 Å². The summed E-state index contributed by atoms with van der Waals surface area (Å²) in [5.74, 6) is 2.72. The Hall–Kier alpha value is -2.44. The van der Waals surface area contributed by atoms with Crippen molar-refractivity contribution in [2.75, 3.05) is 18.0 Å². The van der Waals surface area contributed by atoms with Crippen LogP contribution in [0.4, 0.5) is 5.82 Å². The van der Waals surface area contributed by atoms with Crippen LogP contribution in [0, 0.1) is 0 Å². The molecule has 0 aromatic carbocycles. The fraction of sp³-hybridized carbons (Fsp3) is 0.636. The first-order valence-corrected chi connectivity index (χ1v) is 11.2. The van der Waals surface area contributed by atoms with Crippen LogP contribution in [0.25, 0.3) is 22.6 Å². The second-order valence-electron chi connectivity index (χ2n) is 8.55. The molecule has 0 bridgehead atoms. The van der Waals surface area contributed by atoms with Gasteiger partial charge in [0.2, 0.25) is 5.89 Å². The zero-order chi connectivity index (χ0) is 19.6. The van der Waals surface area contributed by atoms with E-state index in [0.29, 0.717) is 11.8 Å². The van der Waals surface area contributed by atoms with Crippen molar-refractivity contribution in [3.05, 3.63) is 18.0 Å². The maximum absolute atomic E-state index is 6.07. The van der Waals surface area contributed by atoms with Crippen molar-refractivity contribution in [3.63, 3.8) is 0 Å². The van der Waals surface area contributed by atoms with Crippen molar-refractivity contribution in [1.82, 2.24) is 25.0 Å². The second kappa shape index (κ2) is 8.13. The third-order valence-electron chi connectivity index (χ3n) is 6.45. The van der Waals surface area contributed by atoms with Gasteiger partial charge in [-0.3, -0.25) is 0 Å². The molecule has 154 valence electrons. The number of aryl methyl sites for hydroxylation is 1. The second-order valence-corrected chi connectivity index (χ2v) is 8.55. The van der Waals surface area contributed by atoms with Gasteiger partial charge in [0.1, 0.15) is 5.82 Å². The van der Waals surface area contributed by atoms with Crippen LogP contribution < -0.4 is 4.90 Å². The number of hydrogen-bond donors (Lipinski definition) is 0. The Labute approximate surface area is 171 Å². The molecule has 3 aromatic heterocycles. The quantitative estimate of drug-likeness (QED) is 0.633. The number of anilines is 1. The highest BCUT2D eigenvalue weighted by molar-refractivity contribution is 5.89. The smallest absolute Gasteiger partial charge is 0.268 e. The van der Waals surface area contributed by atoms with Crippen molar-refractivity contribution >= 4 is 16.9 Å². The summed E-state index contributed by atoms with van der Waals surface area (Å²) in [6.45, 7) is 2.16. The van der Waals surface area contributed by atoms with E-state index >= 15 is 0 Å². The maximum Gasteiger partial charge on any atom is 0.268 e. The number of pyridine rings is 1. The highest BCUT2D eigenvalue weighted by Gasteiger charge is 2.24. The van der Waals surface area contributed by atoms with Gasteiger partial charge >= 0.3 is 0 Å². The lowest BCUT2D eigenvalue weighted by Crippen LogP contribution is -2.27. The van der Waals surface area contributed by atoms with Crippen LogP contribution in [-0.2, 0) is 7.05 Å². The van der Waals surface area contributed by atoms with Gasteiger partial charge in [-0.15, -0.1) is 10.2 Å². The van der Waals surface area contributed by atoms with Crippen molar-refractivity contribution < 1.29 is 4.42 Å². The Morgan fingerprint density at radius 1 is 0.897 bits per heavy atom. The monoisotopic (exact) mass is 394 g/mol. The normalized spacial score (nSPS) is 19.4. The molecule has 1 aliphatic carbocycles. The van der Waals surface area contributed by atoms with Crippen LogP contribution in [0.2, 0.25) is 0 Å². The van der Waals surface area contributed by atoms with Gasteiger partial charge in [0.25, 0.3) is 5.89 Å². The molecule has 1 aliphatic heterocycles. The first-order valence-electron chi connectivity index (χ1n) is 11.2. The van der Waals surface area contributed by atoms with Crippen molar-refractivity contribution in [2.24, 2.45) is 7.05 Å². The average molecular weight is 395 g/mol. The molecule has 29 heavy (non-hydrogen) atoms. The zero-order valence-electron chi connectivity index (χ0n) is 17.3. The molecule has 2 aliphatic rings. The summed E-state index contributed by atoms with van der Waals surface area (Å²) >= 11 is 0. The van der Waals surface area contributed by atoms with E-state index in [9.17, 15) is 0 Å². The molecule has 2 fully saturated rings. The average Bonchev–Trinajstić information content (AvgIpc) is 3.33. The van der Waals surface area contributed by atoms with Gasteiger partial charge in [0, 0.05) is 26.1 Å². The predicted molar refractivity (Wildman–Crippen MR) is 113 cm³/mol. The molecule has 1 saturated heterocycles. The third-order valence-corrected chi connectivity index (χ3v) is 6.45. The van der Waals surface area contributed by atoms with Gasteiger partial charge in [0.05, 0.1) is 5.39 Å². The summed E-state index contributed by atoms with van der Waals surface area (Å²) in [5, 5.41) is 14.3. The molecule has 7 heteroatoms. The predicted octanol–water partition coefficient (Wildman–Crippen LogP) is 4.84. The van der Waals surface area contributed by atoms with Crippen LogP contribution in [0.15, 0.2) is 16.5 Å². The van der Waals surface area contributed by atoms with Crippen molar-refractivity contribution in [2.45, 2.75) is 70.1 Å². The highest BCUT2D eigenvalue weighted by atomic mass is 16.4. The standard InChI is InChI=1S/C22H30N6O/c1-27-20-17(12-13-18(23-20)28-14-8-3-2-4-9-15-28)19(26-27)22-25-24-21(29-22)16-10-6-5-7-11-16/h12-13,16H,2-11,14-15H2,1H3. The minimum Gasteiger partial charge on any atom is -0.419 e. The minimum atomic E-state index is 0.400. The molecule has 0 unspecified atom stereocenters. The van der Waals surface area contributed by atoms with E-state index in [2.05, 4.69) is 32.3 Å². The number of nitrogens with zero attached hydrogens (tertiary/aromatic N) is 6. The van der Waals surface area contributed by atoms with E-state index in [1.54, 1.807) is 0 Å². The van der Waals surface area contributed by atoms with Gasteiger partial charge in [-0.25, -0.2) is 9.67 Å². The topological polar surface area (TPSA) is 72.9 Å². The minimum absolute atomic E-state index is 0.400. The number of rotatable bonds is 3. The summed E-state index contributed by atoms with van der Waals surface area (Å²) in [5.41, 5.74) is 1.61. The third kappa shape index (κ3) is 3.74. The molecular weight excluding hydrogens is 364 g/mol. The summed E-state index contributed by atoms with van der Waals surface area (Å²) in [6, 6.07) is 4.23. The fourth-order valence-corrected chi connectivity index (χ4v) is 4.78. The summed E-state index contributed by atoms with van der Waals surface area (Å²) in [7, 11) is 1.94. The van der Waals surface area contributed by atoms with Crippen molar-refractivity contribution in [3.8, 4) is 11.6 Å². The number of fused-ring (bicyclic) bond motifs is 1. The molecule has 0 radical (unpaired) electrons.